The zero-order valence-corrected chi connectivity index (χ0v) is 14.9. The van der Waals surface area contributed by atoms with E-state index in [1.165, 1.54) is 28.6 Å². The van der Waals surface area contributed by atoms with Gasteiger partial charge in [-0.2, -0.15) is 4.31 Å². The van der Waals surface area contributed by atoms with E-state index in [0.29, 0.717) is 13.1 Å². The van der Waals surface area contributed by atoms with Crippen LogP contribution < -0.4 is 34.7 Å². The summed E-state index contributed by atoms with van der Waals surface area (Å²) in [5.41, 5.74) is -0.0310. The molecule has 7 heteroatoms. The average molecular weight is 307 g/mol. The SMILES string of the molecule is CCCN(CCC)S(=O)(=O)c1ccc(C(=O)[O-])cc1.[Na+]. The topological polar surface area (TPSA) is 77.5 Å². The maximum atomic E-state index is 12.4. The van der Waals surface area contributed by atoms with Gasteiger partial charge in [-0.3, -0.25) is 0 Å². The Labute approximate surface area is 142 Å². The number of hydrogen-bond acceptors (Lipinski definition) is 4. The van der Waals surface area contributed by atoms with E-state index in [-0.39, 0.29) is 40.0 Å². The quantitative estimate of drug-likeness (QED) is 0.539. The molecule has 1 aromatic carbocycles. The smallest absolute Gasteiger partial charge is 0.545 e. The van der Waals surface area contributed by atoms with Crippen molar-refractivity contribution in [3.05, 3.63) is 29.8 Å². The van der Waals surface area contributed by atoms with E-state index < -0.39 is 16.0 Å². The summed E-state index contributed by atoms with van der Waals surface area (Å²) in [4.78, 5) is 10.7. The second kappa shape index (κ2) is 8.79. The molecule has 0 aliphatic heterocycles. The van der Waals surface area contributed by atoms with Crippen LogP contribution >= 0.6 is 0 Å². The van der Waals surface area contributed by atoms with E-state index >= 15 is 0 Å². The molecule has 5 nitrogen and oxygen atoms in total. The summed E-state index contributed by atoms with van der Waals surface area (Å²) in [7, 11) is -3.55. The first kappa shape index (κ1) is 19.6. The molecule has 0 fully saturated rings. The molecule has 0 atom stereocenters. The third-order valence-corrected chi connectivity index (χ3v) is 4.59. The first-order chi connectivity index (χ1) is 8.93. The van der Waals surface area contributed by atoms with E-state index in [4.69, 9.17) is 0 Å². The van der Waals surface area contributed by atoms with Crippen molar-refractivity contribution in [2.24, 2.45) is 0 Å². The number of carboxylic acid groups (broad SMARTS) is 1. The Morgan fingerprint density at radius 1 is 1.10 bits per heavy atom. The summed E-state index contributed by atoms with van der Waals surface area (Å²) >= 11 is 0. The number of carboxylic acids is 1. The largest absolute Gasteiger partial charge is 1.00 e. The molecule has 0 radical (unpaired) electrons. The predicted molar refractivity (Wildman–Crippen MR) is 70.1 cm³/mol. The van der Waals surface area contributed by atoms with Gasteiger partial charge in [0, 0.05) is 13.1 Å². The number of nitrogens with zero attached hydrogens (tertiary/aromatic N) is 1. The van der Waals surface area contributed by atoms with E-state index in [1.54, 1.807) is 0 Å². The van der Waals surface area contributed by atoms with Crippen LogP contribution in [0, 0.1) is 0 Å². The van der Waals surface area contributed by atoms with Crippen molar-refractivity contribution in [3.8, 4) is 0 Å². The molecule has 0 unspecified atom stereocenters. The van der Waals surface area contributed by atoms with Crippen LogP contribution in [0.3, 0.4) is 0 Å². The van der Waals surface area contributed by atoms with Crippen LogP contribution in [0.5, 0.6) is 0 Å². The van der Waals surface area contributed by atoms with Crippen molar-refractivity contribution in [3.63, 3.8) is 0 Å². The van der Waals surface area contributed by atoms with E-state index in [1.807, 2.05) is 13.8 Å². The van der Waals surface area contributed by atoms with Crippen LogP contribution in [0.25, 0.3) is 0 Å². The second-order valence-electron chi connectivity index (χ2n) is 4.22. The van der Waals surface area contributed by atoms with Crippen LogP contribution in [0.4, 0.5) is 0 Å². The average Bonchev–Trinajstić information content (AvgIpc) is 2.38. The molecule has 0 amide bonds. The van der Waals surface area contributed by atoms with Crippen LogP contribution in [-0.2, 0) is 10.0 Å². The van der Waals surface area contributed by atoms with Crippen molar-refractivity contribution in [1.29, 1.82) is 0 Å². The maximum Gasteiger partial charge on any atom is 1.00 e. The van der Waals surface area contributed by atoms with Crippen LogP contribution in [0.15, 0.2) is 29.2 Å². The van der Waals surface area contributed by atoms with Crippen molar-refractivity contribution < 1.29 is 47.9 Å². The molecule has 1 rings (SSSR count). The molecular weight excluding hydrogens is 289 g/mol. The molecule has 0 aliphatic rings. The van der Waals surface area contributed by atoms with Gasteiger partial charge in [0.25, 0.3) is 0 Å². The number of hydrogen-bond donors (Lipinski definition) is 0. The minimum absolute atomic E-state index is 0. The molecule has 0 aliphatic carbocycles. The number of benzene rings is 1. The van der Waals surface area contributed by atoms with Gasteiger partial charge >= 0.3 is 29.6 Å². The van der Waals surface area contributed by atoms with Crippen molar-refractivity contribution >= 4 is 16.0 Å². The second-order valence-corrected chi connectivity index (χ2v) is 6.15. The molecule has 0 N–H and O–H groups in total. The minimum atomic E-state index is -3.55. The summed E-state index contributed by atoms with van der Waals surface area (Å²) in [6.07, 6.45) is 1.46. The zero-order chi connectivity index (χ0) is 14.5. The summed E-state index contributed by atoms with van der Waals surface area (Å²) in [6.45, 7) is 4.74. The number of carbonyl (C=O) groups excluding carboxylic acids is 1. The first-order valence-electron chi connectivity index (χ1n) is 6.25. The van der Waals surface area contributed by atoms with Gasteiger partial charge in [0.1, 0.15) is 0 Å². The molecule has 20 heavy (non-hydrogen) atoms. The Bertz CT molecular complexity index is 522. The first-order valence-corrected chi connectivity index (χ1v) is 7.69. The molecule has 0 spiro atoms. The van der Waals surface area contributed by atoms with Crippen molar-refractivity contribution in [1.82, 2.24) is 4.31 Å². The van der Waals surface area contributed by atoms with Crippen LogP contribution in [0.2, 0.25) is 0 Å². The third-order valence-electron chi connectivity index (χ3n) is 2.67. The van der Waals surface area contributed by atoms with Crippen LogP contribution in [0.1, 0.15) is 37.0 Å². The molecule has 1 aromatic rings. The summed E-state index contributed by atoms with van der Waals surface area (Å²) in [5.74, 6) is -1.32. The maximum absolute atomic E-state index is 12.4. The van der Waals surface area contributed by atoms with Gasteiger partial charge in [-0.1, -0.05) is 26.0 Å². The number of aromatic carboxylic acids is 1. The van der Waals surface area contributed by atoms with E-state index in [2.05, 4.69) is 0 Å². The summed E-state index contributed by atoms with van der Waals surface area (Å²) in [6, 6.07) is 5.11. The monoisotopic (exact) mass is 307 g/mol. The Kier molecular flexibility index (Phi) is 8.62. The standard InChI is InChI=1S/C13H19NO4S.Na/c1-3-9-14(10-4-2)19(17,18)12-7-5-11(6-8-12)13(15)16;/h5-8H,3-4,9-10H2,1-2H3,(H,15,16);/q;+1/p-1. The van der Waals surface area contributed by atoms with Crippen LogP contribution in [-0.4, -0.2) is 31.8 Å². The summed E-state index contributed by atoms with van der Waals surface area (Å²) < 4.78 is 26.1. The predicted octanol–water partition coefficient (Wildman–Crippen LogP) is -2.14. The van der Waals surface area contributed by atoms with Gasteiger partial charge < -0.3 is 9.90 Å². The fourth-order valence-corrected chi connectivity index (χ4v) is 3.39. The molecular formula is C13H18NNaO4S. The fourth-order valence-electron chi connectivity index (χ4n) is 1.76. The molecule has 0 bridgehead atoms. The van der Waals surface area contributed by atoms with Crippen molar-refractivity contribution in [2.75, 3.05) is 13.1 Å². The summed E-state index contributed by atoms with van der Waals surface area (Å²) in [5, 5.41) is 10.6. The molecule has 106 valence electrons. The van der Waals surface area contributed by atoms with Crippen molar-refractivity contribution in [2.45, 2.75) is 31.6 Å². The fraction of sp³-hybridized carbons (Fsp3) is 0.462. The van der Waals surface area contributed by atoms with Gasteiger partial charge in [0.15, 0.2) is 0 Å². The Balaban J connectivity index is 0.00000361. The minimum Gasteiger partial charge on any atom is -0.545 e. The number of carbonyl (C=O) groups is 1. The zero-order valence-electron chi connectivity index (χ0n) is 12.1. The van der Waals surface area contributed by atoms with Gasteiger partial charge in [-0.15, -0.1) is 0 Å². The van der Waals surface area contributed by atoms with Gasteiger partial charge in [-0.25, -0.2) is 8.42 Å². The number of sulfonamides is 1. The molecule has 0 aromatic heterocycles. The molecule has 0 heterocycles. The Hall–Kier alpha value is -0.400. The molecule has 0 saturated heterocycles. The Morgan fingerprint density at radius 2 is 1.55 bits per heavy atom. The van der Waals surface area contributed by atoms with Gasteiger partial charge in [-0.05, 0) is 30.5 Å². The normalized spacial score (nSPS) is 11.2. The van der Waals surface area contributed by atoms with Gasteiger partial charge in [0.05, 0.1) is 10.9 Å². The molecule has 0 saturated carbocycles. The Morgan fingerprint density at radius 3 is 1.90 bits per heavy atom. The number of rotatable bonds is 7. The van der Waals surface area contributed by atoms with E-state index in [9.17, 15) is 18.3 Å². The van der Waals surface area contributed by atoms with Gasteiger partial charge in [0.2, 0.25) is 10.0 Å². The van der Waals surface area contributed by atoms with E-state index in [0.717, 1.165) is 12.8 Å². The third kappa shape index (κ3) is 4.86.